The average Bonchev–Trinajstić information content (AvgIpc) is 2.94. The Bertz CT molecular complexity index is 587. The molecule has 6 nitrogen and oxygen atoms in total. The van der Waals surface area contributed by atoms with E-state index in [1.165, 1.54) is 0 Å². The van der Waals surface area contributed by atoms with Gasteiger partial charge in [0.15, 0.2) is 0 Å². The van der Waals surface area contributed by atoms with Crippen LogP contribution in [0.15, 0.2) is 24.3 Å². The van der Waals surface area contributed by atoms with Crippen LogP contribution in [0.2, 0.25) is 0 Å². The molecule has 0 spiro atoms. The maximum atomic E-state index is 11.7. The van der Waals surface area contributed by atoms with Crippen molar-refractivity contribution in [3.8, 4) is 0 Å². The first-order chi connectivity index (χ1) is 11.0. The van der Waals surface area contributed by atoms with Gasteiger partial charge in [0.2, 0.25) is 5.91 Å². The average molecular weight is 318 g/mol. The molecule has 6 heteroatoms. The lowest BCUT2D eigenvalue weighted by Crippen LogP contribution is -2.46. The summed E-state index contributed by atoms with van der Waals surface area (Å²) in [4.78, 5) is 26.6. The van der Waals surface area contributed by atoms with E-state index in [9.17, 15) is 14.7 Å². The number of anilines is 1. The molecule has 2 fully saturated rings. The van der Waals surface area contributed by atoms with Crippen molar-refractivity contribution >= 4 is 17.6 Å². The number of rotatable bonds is 4. The van der Waals surface area contributed by atoms with Crippen molar-refractivity contribution in [1.82, 2.24) is 4.90 Å². The molecule has 0 unspecified atom stereocenters. The van der Waals surface area contributed by atoms with Crippen LogP contribution in [0.3, 0.4) is 0 Å². The molecule has 1 amide bonds. The molecule has 2 heterocycles. The number of benzene rings is 1. The van der Waals surface area contributed by atoms with Crippen molar-refractivity contribution in [1.29, 1.82) is 0 Å². The quantitative estimate of drug-likeness (QED) is 0.868. The largest absolute Gasteiger partial charge is 0.481 e. The predicted octanol–water partition coefficient (Wildman–Crippen LogP) is 1.08. The second-order valence-corrected chi connectivity index (χ2v) is 6.35. The molecular formula is C17H22N2O4. The summed E-state index contributed by atoms with van der Waals surface area (Å²) in [6.07, 6.45) is 1.19. The number of carbonyl (C=O) groups excluding carboxylic acids is 1. The number of hydrogen-bond acceptors (Lipinski definition) is 4. The van der Waals surface area contributed by atoms with Gasteiger partial charge in [0, 0.05) is 31.7 Å². The Morgan fingerprint density at radius 1 is 1.22 bits per heavy atom. The summed E-state index contributed by atoms with van der Waals surface area (Å²) in [5.41, 5.74) is 2.03. The standard InChI is InChI=1S/C17H22N2O4/c20-15-11-18(9-7-14(15)17(22)23)10-12-3-5-13(6-4-12)19-8-1-2-16(19)21/h3-6,14-15,20H,1-2,7-11H2,(H,22,23)/t14-,15+/m0/s1. The first kappa shape index (κ1) is 16.0. The molecule has 2 aliphatic rings. The molecule has 2 aliphatic heterocycles. The molecule has 2 atom stereocenters. The van der Waals surface area contributed by atoms with Crippen LogP contribution in [0, 0.1) is 5.92 Å². The van der Waals surface area contributed by atoms with E-state index in [-0.39, 0.29) is 5.91 Å². The fourth-order valence-electron chi connectivity index (χ4n) is 3.39. The number of amides is 1. The third-order valence-corrected chi connectivity index (χ3v) is 4.71. The van der Waals surface area contributed by atoms with E-state index in [1.807, 2.05) is 29.2 Å². The third-order valence-electron chi connectivity index (χ3n) is 4.71. The Morgan fingerprint density at radius 3 is 2.52 bits per heavy atom. The highest BCUT2D eigenvalue weighted by Crippen LogP contribution is 2.23. The summed E-state index contributed by atoms with van der Waals surface area (Å²) in [5, 5.41) is 19.0. The second kappa shape index (κ2) is 6.68. The van der Waals surface area contributed by atoms with Gasteiger partial charge in [-0.1, -0.05) is 12.1 Å². The Balaban J connectivity index is 1.59. The molecule has 0 radical (unpaired) electrons. The Kier molecular flexibility index (Phi) is 4.63. The fraction of sp³-hybridized carbons (Fsp3) is 0.529. The minimum Gasteiger partial charge on any atom is -0.481 e. The van der Waals surface area contributed by atoms with Crippen LogP contribution in [-0.4, -0.2) is 52.7 Å². The van der Waals surface area contributed by atoms with Gasteiger partial charge in [-0.05, 0) is 37.1 Å². The minimum atomic E-state index is -0.920. The molecule has 0 saturated carbocycles. The van der Waals surface area contributed by atoms with E-state index < -0.39 is 18.0 Å². The van der Waals surface area contributed by atoms with Gasteiger partial charge < -0.3 is 15.1 Å². The molecule has 2 saturated heterocycles. The molecule has 2 N–H and O–H groups in total. The molecule has 1 aromatic carbocycles. The Hall–Kier alpha value is -1.92. The molecule has 3 rings (SSSR count). The maximum absolute atomic E-state index is 11.7. The van der Waals surface area contributed by atoms with E-state index in [1.54, 1.807) is 0 Å². The van der Waals surface area contributed by atoms with Gasteiger partial charge in [-0.2, -0.15) is 0 Å². The highest BCUT2D eigenvalue weighted by Gasteiger charge is 2.32. The molecule has 0 aliphatic carbocycles. The molecule has 0 aromatic heterocycles. The van der Waals surface area contributed by atoms with Crippen LogP contribution < -0.4 is 4.90 Å². The number of aliphatic carboxylic acids is 1. The van der Waals surface area contributed by atoms with Crippen molar-refractivity contribution in [3.05, 3.63) is 29.8 Å². The van der Waals surface area contributed by atoms with Gasteiger partial charge in [0.25, 0.3) is 0 Å². The monoisotopic (exact) mass is 318 g/mol. The second-order valence-electron chi connectivity index (χ2n) is 6.35. The van der Waals surface area contributed by atoms with Crippen LogP contribution in [0.4, 0.5) is 5.69 Å². The van der Waals surface area contributed by atoms with E-state index in [4.69, 9.17) is 5.11 Å². The van der Waals surface area contributed by atoms with Crippen LogP contribution in [0.5, 0.6) is 0 Å². The molecule has 1 aromatic rings. The van der Waals surface area contributed by atoms with Gasteiger partial charge in [-0.25, -0.2) is 0 Å². The SMILES string of the molecule is O=C(O)[C@H]1CCN(Cc2ccc(N3CCCC3=O)cc2)C[C@H]1O. The van der Waals surface area contributed by atoms with Gasteiger partial charge in [0.05, 0.1) is 12.0 Å². The zero-order valence-corrected chi connectivity index (χ0v) is 13.0. The number of carboxylic acid groups (broad SMARTS) is 1. The van der Waals surface area contributed by atoms with Gasteiger partial charge in [-0.3, -0.25) is 14.5 Å². The third kappa shape index (κ3) is 3.54. The van der Waals surface area contributed by atoms with E-state index >= 15 is 0 Å². The molecular weight excluding hydrogens is 296 g/mol. The summed E-state index contributed by atoms with van der Waals surface area (Å²) in [6, 6.07) is 7.91. The van der Waals surface area contributed by atoms with Crippen molar-refractivity contribution in [2.24, 2.45) is 5.92 Å². The lowest BCUT2D eigenvalue weighted by molar-refractivity contribution is -0.148. The van der Waals surface area contributed by atoms with E-state index in [0.717, 1.165) is 24.2 Å². The predicted molar refractivity (Wildman–Crippen MR) is 85.1 cm³/mol. The highest BCUT2D eigenvalue weighted by molar-refractivity contribution is 5.95. The topological polar surface area (TPSA) is 81.1 Å². The first-order valence-electron chi connectivity index (χ1n) is 8.07. The lowest BCUT2D eigenvalue weighted by Gasteiger charge is -2.34. The Morgan fingerprint density at radius 2 is 1.96 bits per heavy atom. The van der Waals surface area contributed by atoms with Crippen LogP contribution in [0.1, 0.15) is 24.8 Å². The number of β-amino-alcohol motifs (C(OH)–C–C–N with tert-alkyl or cyclic N) is 1. The van der Waals surface area contributed by atoms with E-state index in [2.05, 4.69) is 4.90 Å². The van der Waals surface area contributed by atoms with Gasteiger partial charge >= 0.3 is 5.97 Å². The zero-order chi connectivity index (χ0) is 16.4. The van der Waals surface area contributed by atoms with Crippen molar-refractivity contribution in [2.75, 3.05) is 24.5 Å². The van der Waals surface area contributed by atoms with Crippen LogP contribution >= 0.6 is 0 Å². The number of aliphatic hydroxyl groups is 1. The Labute approximate surface area is 135 Å². The number of likely N-dealkylation sites (tertiary alicyclic amines) is 1. The van der Waals surface area contributed by atoms with Crippen molar-refractivity contribution < 1.29 is 19.8 Å². The van der Waals surface area contributed by atoms with Gasteiger partial charge in [-0.15, -0.1) is 0 Å². The van der Waals surface area contributed by atoms with Crippen LogP contribution in [0.25, 0.3) is 0 Å². The fourth-order valence-corrected chi connectivity index (χ4v) is 3.39. The number of carboxylic acids is 1. The van der Waals surface area contributed by atoms with Crippen molar-refractivity contribution in [3.63, 3.8) is 0 Å². The summed E-state index contributed by atoms with van der Waals surface area (Å²) in [6.45, 7) is 2.51. The van der Waals surface area contributed by atoms with Crippen molar-refractivity contribution in [2.45, 2.75) is 31.9 Å². The number of aliphatic hydroxyl groups excluding tert-OH is 1. The van der Waals surface area contributed by atoms with Gasteiger partial charge in [0.1, 0.15) is 0 Å². The summed E-state index contributed by atoms with van der Waals surface area (Å²) < 4.78 is 0. The molecule has 23 heavy (non-hydrogen) atoms. The lowest BCUT2D eigenvalue weighted by atomic mass is 9.94. The van der Waals surface area contributed by atoms with E-state index in [0.29, 0.717) is 32.5 Å². The maximum Gasteiger partial charge on any atom is 0.309 e. The summed E-state index contributed by atoms with van der Waals surface area (Å²) >= 11 is 0. The summed E-state index contributed by atoms with van der Waals surface area (Å²) in [5.74, 6) is -1.40. The van der Waals surface area contributed by atoms with Crippen LogP contribution in [-0.2, 0) is 16.1 Å². The summed E-state index contributed by atoms with van der Waals surface area (Å²) in [7, 11) is 0. The highest BCUT2D eigenvalue weighted by atomic mass is 16.4. The number of hydrogen-bond donors (Lipinski definition) is 2. The molecule has 124 valence electrons. The minimum absolute atomic E-state index is 0.177. The zero-order valence-electron chi connectivity index (χ0n) is 13.0. The number of piperidine rings is 1. The number of carbonyl (C=O) groups is 2. The molecule has 0 bridgehead atoms. The smallest absolute Gasteiger partial charge is 0.309 e. The first-order valence-corrected chi connectivity index (χ1v) is 8.07. The number of nitrogens with zero attached hydrogens (tertiary/aromatic N) is 2. The normalized spacial score (nSPS) is 25.8.